The zero-order chi connectivity index (χ0) is 22.5. The summed E-state index contributed by atoms with van der Waals surface area (Å²) in [5.41, 5.74) is 0.517. The monoisotopic (exact) mass is 514 g/mol. The third-order valence-corrected chi connectivity index (χ3v) is 6.17. The fourth-order valence-corrected chi connectivity index (χ4v) is 4.42. The molecule has 4 rings (SSSR count). The second kappa shape index (κ2) is 13.1. The molecule has 0 bridgehead atoms. The minimum absolute atomic E-state index is 0. The third-order valence-electron chi connectivity index (χ3n) is 6.17. The number of halogens is 2. The lowest BCUT2D eigenvalue weighted by Gasteiger charge is -2.40. The Kier molecular flexibility index (Phi) is 10.8. The lowest BCUT2D eigenvalue weighted by Crippen LogP contribution is -2.57. The van der Waals surface area contributed by atoms with Crippen molar-refractivity contribution in [1.29, 1.82) is 0 Å². The van der Waals surface area contributed by atoms with Crippen LogP contribution in [0.4, 0.5) is 5.82 Å². The quantitative estimate of drug-likeness (QED) is 0.501. The summed E-state index contributed by atoms with van der Waals surface area (Å²) in [7, 11) is 1.58. The van der Waals surface area contributed by atoms with Gasteiger partial charge in [0.25, 0.3) is 5.91 Å². The van der Waals surface area contributed by atoms with E-state index in [2.05, 4.69) is 20.1 Å². The fourth-order valence-electron chi connectivity index (χ4n) is 4.42. The molecular weight excluding hydrogens is 483 g/mol. The first-order chi connectivity index (χ1) is 15.6. The Morgan fingerprint density at radius 3 is 2.41 bits per heavy atom. The maximum atomic E-state index is 12.6. The van der Waals surface area contributed by atoms with Crippen molar-refractivity contribution in [2.45, 2.75) is 24.4 Å². The number of methoxy groups -OCH3 is 1. The third kappa shape index (κ3) is 6.29. The molecule has 3 heterocycles. The van der Waals surface area contributed by atoms with Crippen LogP contribution >= 0.6 is 24.8 Å². The van der Waals surface area contributed by atoms with E-state index < -0.39 is 18.3 Å². The number of rotatable bonds is 7. The van der Waals surface area contributed by atoms with Crippen molar-refractivity contribution in [3.8, 4) is 5.75 Å². The van der Waals surface area contributed by atoms with Crippen molar-refractivity contribution < 1.29 is 24.5 Å². The lowest BCUT2D eigenvalue weighted by atomic mass is 10.0. The smallest absolute Gasteiger partial charge is 0.251 e. The number of pyridine rings is 1. The number of benzene rings is 1. The highest BCUT2D eigenvalue weighted by Crippen LogP contribution is 2.27. The molecule has 0 unspecified atom stereocenters. The van der Waals surface area contributed by atoms with Crippen LogP contribution in [0.5, 0.6) is 5.75 Å². The summed E-state index contributed by atoms with van der Waals surface area (Å²) < 4.78 is 11.0. The molecule has 2 aliphatic heterocycles. The largest absolute Gasteiger partial charge is 0.497 e. The van der Waals surface area contributed by atoms with Gasteiger partial charge in [0.15, 0.2) is 0 Å². The number of ether oxygens (including phenoxy) is 2. The van der Waals surface area contributed by atoms with E-state index in [0.717, 1.165) is 32.0 Å². The normalized spacial score (nSPS) is 24.6. The number of nitrogens with zero attached hydrogens (tertiary/aromatic N) is 3. The Morgan fingerprint density at radius 2 is 1.82 bits per heavy atom. The standard InChI is InChI=1S/C23H30N4O5.2ClH/c1-31-17-7-5-16(6-8-17)23(30)25-14-18-21(22(29)19(15-28)32-18)27-12-10-26(11-13-27)20-4-2-3-9-24-20;;/h2-9,18-19,21-22,28-29H,10-15H2,1H3,(H,25,30);2*1H/t18-,19+,21+,22-;;/m1../s1. The van der Waals surface area contributed by atoms with E-state index in [0.29, 0.717) is 11.3 Å². The summed E-state index contributed by atoms with van der Waals surface area (Å²) in [5.74, 6) is 1.39. The average Bonchev–Trinajstić information content (AvgIpc) is 3.18. The van der Waals surface area contributed by atoms with E-state index in [1.165, 1.54) is 0 Å². The number of aliphatic hydroxyl groups excluding tert-OH is 2. The molecule has 34 heavy (non-hydrogen) atoms. The van der Waals surface area contributed by atoms with Gasteiger partial charge < -0.3 is 29.9 Å². The molecule has 188 valence electrons. The Labute approximate surface area is 211 Å². The maximum absolute atomic E-state index is 12.6. The van der Waals surface area contributed by atoms with Crippen LogP contribution in [-0.2, 0) is 4.74 Å². The van der Waals surface area contributed by atoms with Crippen LogP contribution in [0.3, 0.4) is 0 Å². The molecule has 0 saturated carbocycles. The van der Waals surface area contributed by atoms with Gasteiger partial charge in [-0.15, -0.1) is 24.8 Å². The molecule has 2 saturated heterocycles. The number of aromatic nitrogens is 1. The summed E-state index contributed by atoms with van der Waals surface area (Å²) in [6.07, 6.45) is -0.143. The van der Waals surface area contributed by atoms with Crippen LogP contribution in [0.2, 0.25) is 0 Å². The summed E-state index contributed by atoms with van der Waals surface area (Å²) >= 11 is 0. The van der Waals surface area contributed by atoms with Crippen LogP contribution in [0, 0.1) is 0 Å². The van der Waals surface area contributed by atoms with Crippen LogP contribution in [-0.4, -0.2) is 96.8 Å². The van der Waals surface area contributed by atoms with Gasteiger partial charge in [0.05, 0.1) is 25.9 Å². The maximum Gasteiger partial charge on any atom is 0.251 e. The van der Waals surface area contributed by atoms with E-state index >= 15 is 0 Å². The van der Waals surface area contributed by atoms with Gasteiger partial charge in [-0.2, -0.15) is 0 Å². The highest BCUT2D eigenvalue weighted by Gasteiger charge is 2.46. The van der Waals surface area contributed by atoms with Crippen molar-refractivity contribution in [3.05, 3.63) is 54.2 Å². The molecule has 2 aromatic rings. The molecule has 3 N–H and O–H groups in total. The van der Waals surface area contributed by atoms with Crippen LogP contribution in [0.1, 0.15) is 10.4 Å². The Bertz CT molecular complexity index is 885. The Hall–Kier alpha value is -2.14. The molecule has 1 aromatic carbocycles. The van der Waals surface area contributed by atoms with E-state index in [9.17, 15) is 15.0 Å². The second-order valence-corrected chi connectivity index (χ2v) is 8.03. The summed E-state index contributed by atoms with van der Waals surface area (Å²) in [6, 6.07) is 12.4. The molecule has 0 spiro atoms. The van der Waals surface area contributed by atoms with Gasteiger partial charge in [-0.3, -0.25) is 9.69 Å². The van der Waals surface area contributed by atoms with Gasteiger partial charge in [0, 0.05) is 44.5 Å². The summed E-state index contributed by atoms with van der Waals surface area (Å²) in [5, 5.41) is 23.4. The van der Waals surface area contributed by atoms with Crippen molar-refractivity contribution in [1.82, 2.24) is 15.2 Å². The number of aliphatic hydroxyl groups is 2. The lowest BCUT2D eigenvalue weighted by molar-refractivity contribution is -0.0209. The molecule has 2 aliphatic rings. The molecule has 1 aromatic heterocycles. The number of hydrogen-bond donors (Lipinski definition) is 3. The topological polar surface area (TPSA) is 107 Å². The molecule has 1 amide bonds. The molecule has 2 fully saturated rings. The Morgan fingerprint density at radius 1 is 1.12 bits per heavy atom. The SMILES string of the molecule is COc1ccc(C(=O)NC[C@H]2O[C@@H](CO)[C@@H](O)[C@H]2N2CCN(c3ccccn3)CC2)cc1.Cl.Cl. The van der Waals surface area contributed by atoms with Crippen LogP contribution in [0.15, 0.2) is 48.7 Å². The summed E-state index contributed by atoms with van der Waals surface area (Å²) in [6.45, 7) is 2.97. The molecular formula is C23H32Cl2N4O5. The average molecular weight is 515 g/mol. The van der Waals surface area contributed by atoms with Crippen molar-refractivity contribution in [2.75, 3.05) is 51.3 Å². The second-order valence-electron chi connectivity index (χ2n) is 8.03. The van der Waals surface area contributed by atoms with Crippen molar-refractivity contribution in [2.24, 2.45) is 0 Å². The number of hydrogen-bond acceptors (Lipinski definition) is 8. The zero-order valence-corrected chi connectivity index (χ0v) is 20.6. The minimum Gasteiger partial charge on any atom is -0.497 e. The molecule has 0 radical (unpaired) electrons. The fraction of sp³-hybridized carbons (Fsp3) is 0.478. The number of anilines is 1. The van der Waals surface area contributed by atoms with Gasteiger partial charge in [-0.05, 0) is 36.4 Å². The first-order valence-corrected chi connectivity index (χ1v) is 10.9. The van der Waals surface area contributed by atoms with Crippen molar-refractivity contribution >= 4 is 36.5 Å². The predicted octanol–water partition coefficient (Wildman–Crippen LogP) is 0.975. The highest BCUT2D eigenvalue weighted by molar-refractivity contribution is 5.94. The highest BCUT2D eigenvalue weighted by atomic mass is 35.5. The van der Waals surface area contributed by atoms with Gasteiger partial charge >= 0.3 is 0 Å². The number of carbonyl (C=O) groups excluding carboxylic acids is 1. The van der Waals surface area contributed by atoms with Gasteiger partial charge in [-0.1, -0.05) is 6.07 Å². The van der Waals surface area contributed by atoms with E-state index in [1.807, 2.05) is 18.2 Å². The molecule has 9 nitrogen and oxygen atoms in total. The predicted molar refractivity (Wildman–Crippen MR) is 133 cm³/mol. The first-order valence-electron chi connectivity index (χ1n) is 10.9. The number of amides is 1. The zero-order valence-electron chi connectivity index (χ0n) is 18.9. The van der Waals surface area contributed by atoms with E-state index in [-0.39, 0.29) is 49.9 Å². The van der Waals surface area contributed by atoms with E-state index in [1.54, 1.807) is 37.6 Å². The first kappa shape index (κ1) is 28.1. The molecule has 4 atom stereocenters. The number of nitrogens with one attached hydrogen (secondary N) is 1. The minimum atomic E-state index is -0.829. The van der Waals surface area contributed by atoms with Crippen LogP contribution < -0.4 is 15.0 Å². The number of carbonyl (C=O) groups is 1. The molecule has 11 heteroatoms. The van der Waals surface area contributed by atoms with Crippen LogP contribution in [0.25, 0.3) is 0 Å². The van der Waals surface area contributed by atoms with Gasteiger partial charge in [0.2, 0.25) is 0 Å². The Balaban J connectivity index is 0.00000204. The van der Waals surface area contributed by atoms with Crippen molar-refractivity contribution in [3.63, 3.8) is 0 Å². The summed E-state index contributed by atoms with van der Waals surface area (Å²) in [4.78, 5) is 21.4. The number of piperazine rings is 1. The van der Waals surface area contributed by atoms with E-state index in [4.69, 9.17) is 9.47 Å². The molecule has 0 aliphatic carbocycles. The van der Waals surface area contributed by atoms with Gasteiger partial charge in [-0.25, -0.2) is 4.98 Å². The van der Waals surface area contributed by atoms with Gasteiger partial charge in [0.1, 0.15) is 23.8 Å².